The summed E-state index contributed by atoms with van der Waals surface area (Å²) in [6.07, 6.45) is 8.13. The fourth-order valence-corrected chi connectivity index (χ4v) is 8.18. The minimum absolute atomic E-state index is 0.0228. The Kier molecular flexibility index (Phi) is 7.66. The smallest absolute Gasteiger partial charge is 0.253 e. The van der Waals surface area contributed by atoms with Gasteiger partial charge in [0.25, 0.3) is 11.5 Å². The highest BCUT2D eigenvalue weighted by Crippen LogP contribution is 2.49. The van der Waals surface area contributed by atoms with Crippen LogP contribution >= 0.6 is 0 Å². The molecule has 1 saturated carbocycles. The van der Waals surface area contributed by atoms with Crippen molar-refractivity contribution in [3.63, 3.8) is 0 Å². The number of carbonyl (C=O) groups excluding carboxylic acids is 1. The third kappa shape index (κ3) is 5.22. The molecule has 11 nitrogen and oxygen atoms in total. The van der Waals surface area contributed by atoms with E-state index in [-0.39, 0.29) is 12.1 Å². The molecule has 0 spiro atoms. The zero-order chi connectivity index (χ0) is 31.2. The number of benzene rings is 1. The van der Waals surface area contributed by atoms with Crippen LogP contribution in [0.1, 0.15) is 52.0 Å². The van der Waals surface area contributed by atoms with Crippen LogP contribution in [0.3, 0.4) is 0 Å². The van der Waals surface area contributed by atoms with Crippen LogP contribution in [0.25, 0.3) is 22.0 Å². The SMILES string of the molecule is C=CCC1(S(=O)(=O)n2cc(C)c3c(C(=O)NCc4c(C)cc(C)[nH]c4=O)cc(-c4cnc(N5CCNCC5)nc4)cc32)CC1. The first kappa shape index (κ1) is 29.8. The van der Waals surface area contributed by atoms with E-state index < -0.39 is 20.7 Å². The second-order valence-corrected chi connectivity index (χ2v) is 14.1. The number of allylic oxidation sites excluding steroid dienone is 1. The van der Waals surface area contributed by atoms with E-state index in [1.165, 1.54) is 3.97 Å². The van der Waals surface area contributed by atoms with E-state index in [4.69, 9.17) is 0 Å². The van der Waals surface area contributed by atoms with Crippen LogP contribution in [-0.4, -0.2) is 64.2 Å². The summed E-state index contributed by atoms with van der Waals surface area (Å²) in [6, 6.07) is 5.39. The molecule has 1 aliphatic carbocycles. The number of hydrogen-bond acceptors (Lipinski definition) is 8. The molecule has 4 heterocycles. The summed E-state index contributed by atoms with van der Waals surface area (Å²) in [5.74, 6) is 0.204. The summed E-state index contributed by atoms with van der Waals surface area (Å²) >= 11 is 0. The molecular weight excluding hydrogens is 578 g/mol. The number of nitrogens with zero attached hydrogens (tertiary/aromatic N) is 4. The molecule has 1 amide bonds. The van der Waals surface area contributed by atoms with E-state index in [0.717, 1.165) is 37.4 Å². The van der Waals surface area contributed by atoms with Gasteiger partial charge in [0.2, 0.25) is 16.0 Å². The zero-order valence-electron chi connectivity index (χ0n) is 25.2. The molecule has 0 radical (unpaired) electrons. The number of aromatic nitrogens is 4. The van der Waals surface area contributed by atoms with Crippen molar-refractivity contribution in [1.82, 2.24) is 29.6 Å². The van der Waals surface area contributed by atoms with Gasteiger partial charge in [-0.1, -0.05) is 6.08 Å². The zero-order valence-corrected chi connectivity index (χ0v) is 26.1. The molecule has 230 valence electrons. The van der Waals surface area contributed by atoms with E-state index in [2.05, 4.69) is 37.1 Å². The van der Waals surface area contributed by atoms with Crippen LogP contribution in [0.15, 0.2) is 54.2 Å². The van der Waals surface area contributed by atoms with Gasteiger partial charge in [-0.05, 0) is 74.9 Å². The molecule has 0 bridgehead atoms. The van der Waals surface area contributed by atoms with Crippen LogP contribution in [0.5, 0.6) is 0 Å². The van der Waals surface area contributed by atoms with Crippen LogP contribution in [0.4, 0.5) is 5.95 Å². The molecule has 3 N–H and O–H groups in total. The van der Waals surface area contributed by atoms with Gasteiger partial charge in [-0.15, -0.1) is 6.58 Å². The topological polar surface area (TPSA) is 142 Å². The number of hydrogen-bond donors (Lipinski definition) is 3. The van der Waals surface area contributed by atoms with Gasteiger partial charge in [0.1, 0.15) is 0 Å². The number of amides is 1. The van der Waals surface area contributed by atoms with Gasteiger partial charge < -0.3 is 20.5 Å². The van der Waals surface area contributed by atoms with Crippen LogP contribution in [-0.2, 0) is 16.6 Å². The highest BCUT2D eigenvalue weighted by Gasteiger charge is 2.54. The minimum atomic E-state index is -3.80. The second-order valence-electron chi connectivity index (χ2n) is 11.8. The highest BCUT2D eigenvalue weighted by molar-refractivity contribution is 7.91. The molecule has 1 saturated heterocycles. The maximum Gasteiger partial charge on any atom is 0.253 e. The Morgan fingerprint density at radius 3 is 2.41 bits per heavy atom. The number of anilines is 1. The number of pyridine rings is 1. The Morgan fingerprint density at radius 1 is 1.07 bits per heavy atom. The number of nitrogens with one attached hydrogen (secondary N) is 3. The summed E-state index contributed by atoms with van der Waals surface area (Å²) in [7, 11) is -3.80. The van der Waals surface area contributed by atoms with Gasteiger partial charge in [-0.25, -0.2) is 22.4 Å². The number of carbonyl (C=O) groups is 1. The van der Waals surface area contributed by atoms with Crippen molar-refractivity contribution in [2.24, 2.45) is 0 Å². The molecule has 3 aromatic heterocycles. The number of H-pyrrole nitrogens is 1. The summed E-state index contributed by atoms with van der Waals surface area (Å²) < 4.78 is 28.5. The Labute approximate surface area is 256 Å². The average Bonchev–Trinajstić information content (AvgIpc) is 3.73. The van der Waals surface area contributed by atoms with Crippen molar-refractivity contribution in [2.75, 3.05) is 31.1 Å². The van der Waals surface area contributed by atoms with Gasteiger partial charge in [-0.2, -0.15) is 0 Å². The highest BCUT2D eigenvalue weighted by atomic mass is 32.2. The molecule has 0 unspecified atom stereocenters. The fourth-order valence-electron chi connectivity index (χ4n) is 6.11. The Balaban J connectivity index is 1.45. The molecular formula is C32H37N7O4S. The standard InChI is InChI=1S/C32H37N7O4S/c1-5-6-32(7-8-32)44(42,43)39-19-21(3)28-25(29(40)34-18-26-20(2)13-22(4)37-30(26)41)14-23(15-27(28)39)24-16-35-31(36-17-24)38-11-9-33-10-12-38/h5,13-17,19,33H,1,6-12,18H2,2-4H3,(H,34,40)(H,37,41). The predicted molar refractivity (Wildman–Crippen MR) is 172 cm³/mol. The molecule has 0 atom stereocenters. The summed E-state index contributed by atoms with van der Waals surface area (Å²) in [5.41, 5.74) is 4.37. The van der Waals surface area contributed by atoms with Gasteiger partial charge in [-0.3, -0.25) is 9.59 Å². The van der Waals surface area contributed by atoms with Gasteiger partial charge in [0.05, 0.1) is 10.3 Å². The van der Waals surface area contributed by atoms with E-state index in [0.29, 0.717) is 63.9 Å². The Hall–Kier alpha value is -4.29. The lowest BCUT2D eigenvalue weighted by atomic mass is 9.99. The molecule has 2 aliphatic rings. The second kappa shape index (κ2) is 11.3. The monoisotopic (exact) mass is 615 g/mol. The van der Waals surface area contributed by atoms with Gasteiger partial charge in [0, 0.05) is 79.1 Å². The molecule has 44 heavy (non-hydrogen) atoms. The lowest BCUT2D eigenvalue weighted by Gasteiger charge is -2.27. The van der Waals surface area contributed by atoms with Crippen molar-refractivity contribution < 1.29 is 13.2 Å². The van der Waals surface area contributed by atoms with E-state index in [1.54, 1.807) is 50.6 Å². The molecule has 4 aromatic rings. The third-order valence-electron chi connectivity index (χ3n) is 8.73. The number of fused-ring (bicyclic) bond motifs is 1. The van der Waals surface area contributed by atoms with Crippen LogP contribution in [0.2, 0.25) is 0 Å². The predicted octanol–water partition coefficient (Wildman–Crippen LogP) is 3.34. The number of aryl methyl sites for hydroxylation is 3. The third-order valence-corrected chi connectivity index (χ3v) is 11.2. The lowest BCUT2D eigenvalue weighted by Crippen LogP contribution is -2.44. The molecule has 1 aromatic carbocycles. The minimum Gasteiger partial charge on any atom is -0.348 e. The van der Waals surface area contributed by atoms with E-state index >= 15 is 0 Å². The van der Waals surface area contributed by atoms with Crippen molar-refractivity contribution in [3.8, 4) is 11.1 Å². The van der Waals surface area contributed by atoms with Crippen LogP contribution < -0.4 is 21.1 Å². The first-order valence-corrected chi connectivity index (χ1v) is 16.3. The average molecular weight is 616 g/mol. The summed E-state index contributed by atoms with van der Waals surface area (Å²) in [5, 5.41) is 6.76. The van der Waals surface area contributed by atoms with E-state index in [9.17, 15) is 18.0 Å². The first-order chi connectivity index (χ1) is 21.0. The molecule has 12 heteroatoms. The number of aromatic amines is 1. The maximum absolute atomic E-state index is 14.0. The molecule has 6 rings (SSSR count). The normalized spacial score (nSPS) is 16.2. The van der Waals surface area contributed by atoms with Gasteiger partial charge >= 0.3 is 0 Å². The maximum atomic E-state index is 14.0. The largest absolute Gasteiger partial charge is 0.348 e. The number of piperazine rings is 1. The van der Waals surface area contributed by atoms with E-state index in [1.807, 2.05) is 13.0 Å². The fraction of sp³-hybridized carbons (Fsp3) is 0.375. The van der Waals surface area contributed by atoms with Crippen molar-refractivity contribution in [3.05, 3.63) is 87.7 Å². The quantitative estimate of drug-likeness (QED) is 0.244. The van der Waals surface area contributed by atoms with Gasteiger partial charge in [0.15, 0.2) is 0 Å². The summed E-state index contributed by atoms with van der Waals surface area (Å²) in [4.78, 5) is 40.6. The van der Waals surface area contributed by atoms with Crippen molar-refractivity contribution >= 4 is 32.8 Å². The van der Waals surface area contributed by atoms with Crippen LogP contribution in [0, 0.1) is 20.8 Å². The Bertz CT molecular complexity index is 1930. The van der Waals surface area contributed by atoms with Crippen molar-refractivity contribution in [1.29, 1.82) is 0 Å². The summed E-state index contributed by atoms with van der Waals surface area (Å²) in [6.45, 7) is 12.6. The van der Waals surface area contributed by atoms with Crippen molar-refractivity contribution in [2.45, 2.75) is 51.3 Å². The molecule has 1 aliphatic heterocycles. The molecule has 2 fully saturated rings. The number of rotatable bonds is 9. The first-order valence-electron chi connectivity index (χ1n) is 14.8. The lowest BCUT2D eigenvalue weighted by molar-refractivity contribution is 0.0952. The Morgan fingerprint density at radius 2 is 1.77 bits per heavy atom.